The molecule has 0 saturated carbocycles. The van der Waals surface area contributed by atoms with Crippen LogP contribution in [0.4, 0.5) is 5.69 Å². The summed E-state index contributed by atoms with van der Waals surface area (Å²) >= 11 is 0. The highest BCUT2D eigenvalue weighted by Gasteiger charge is 2.53. The van der Waals surface area contributed by atoms with E-state index >= 15 is 0 Å². The number of nitrogens with zero attached hydrogens (tertiary/aromatic N) is 1. The Morgan fingerprint density at radius 2 is 2.11 bits per heavy atom. The molecule has 0 aliphatic carbocycles. The standard InChI is InChI=1S/C16H17NO/c1-10-8-16(2)9-17(16)15-12-6-4-3-5-11(12)7-13(18)14(10)15/h3-7,10,18H,8-9H2,1-2H3. The summed E-state index contributed by atoms with van der Waals surface area (Å²) in [5.74, 6) is 0.901. The Morgan fingerprint density at radius 1 is 1.33 bits per heavy atom. The van der Waals surface area contributed by atoms with Crippen LogP contribution in [-0.2, 0) is 0 Å². The minimum Gasteiger partial charge on any atom is -0.508 e. The Morgan fingerprint density at radius 3 is 2.94 bits per heavy atom. The highest BCUT2D eigenvalue weighted by Crippen LogP contribution is 2.56. The number of fused-ring (bicyclic) bond motifs is 5. The highest BCUT2D eigenvalue weighted by atomic mass is 16.3. The largest absolute Gasteiger partial charge is 0.508 e. The molecule has 92 valence electrons. The van der Waals surface area contributed by atoms with E-state index in [1.165, 1.54) is 11.1 Å². The lowest BCUT2D eigenvalue weighted by molar-refractivity contribution is 0.452. The SMILES string of the molecule is CC1CC2(C)CN2c2c1c(O)cc1ccccc21. The van der Waals surface area contributed by atoms with E-state index in [-0.39, 0.29) is 0 Å². The van der Waals surface area contributed by atoms with Crippen LogP contribution < -0.4 is 4.90 Å². The topological polar surface area (TPSA) is 23.2 Å². The van der Waals surface area contributed by atoms with Gasteiger partial charge in [0.2, 0.25) is 0 Å². The van der Waals surface area contributed by atoms with E-state index in [4.69, 9.17) is 0 Å². The fourth-order valence-electron chi connectivity index (χ4n) is 3.70. The third-order valence-electron chi connectivity index (χ3n) is 4.59. The van der Waals surface area contributed by atoms with Crippen molar-refractivity contribution in [3.05, 3.63) is 35.9 Å². The molecule has 2 nitrogen and oxygen atoms in total. The molecule has 0 radical (unpaired) electrons. The van der Waals surface area contributed by atoms with Gasteiger partial charge in [0.25, 0.3) is 0 Å². The number of aromatic hydroxyl groups is 1. The zero-order valence-electron chi connectivity index (χ0n) is 10.8. The summed E-state index contributed by atoms with van der Waals surface area (Å²) in [4.78, 5) is 2.45. The van der Waals surface area contributed by atoms with Crippen molar-refractivity contribution >= 4 is 16.5 Å². The first-order valence-electron chi connectivity index (χ1n) is 6.62. The molecule has 1 saturated heterocycles. The first-order valence-corrected chi connectivity index (χ1v) is 6.62. The van der Waals surface area contributed by atoms with Crippen LogP contribution in [0.25, 0.3) is 10.8 Å². The predicted molar refractivity (Wildman–Crippen MR) is 74.4 cm³/mol. The van der Waals surface area contributed by atoms with Crippen LogP contribution in [0.3, 0.4) is 0 Å². The summed E-state index contributed by atoms with van der Waals surface area (Å²) in [6.07, 6.45) is 1.14. The molecule has 0 aromatic heterocycles. The zero-order chi connectivity index (χ0) is 12.5. The molecule has 2 atom stereocenters. The summed E-state index contributed by atoms with van der Waals surface area (Å²) in [6, 6.07) is 10.3. The second-order valence-electron chi connectivity index (χ2n) is 6.07. The van der Waals surface area contributed by atoms with Gasteiger partial charge in [-0.3, -0.25) is 0 Å². The van der Waals surface area contributed by atoms with Gasteiger partial charge in [0.15, 0.2) is 0 Å². The Hall–Kier alpha value is -1.70. The number of hydrogen-bond acceptors (Lipinski definition) is 2. The van der Waals surface area contributed by atoms with Gasteiger partial charge in [-0.2, -0.15) is 0 Å². The van der Waals surface area contributed by atoms with Crippen LogP contribution >= 0.6 is 0 Å². The van der Waals surface area contributed by atoms with Gasteiger partial charge in [0, 0.05) is 17.5 Å². The monoisotopic (exact) mass is 239 g/mol. The number of phenolic OH excluding ortho intramolecular Hbond substituents is 1. The quantitative estimate of drug-likeness (QED) is 0.709. The maximum Gasteiger partial charge on any atom is 0.121 e. The van der Waals surface area contributed by atoms with Crippen molar-refractivity contribution in [2.45, 2.75) is 31.7 Å². The summed E-state index contributed by atoms with van der Waals surface area (Å²) in [7, 11) is 0. The Balaban J connectivity index is 2.11. The van der Waals surface area contributed by atoms with E-state index in [1.54, 1.807) is 0 Å². The van der Waals surface area contributed by atoms with E-state index in [9.17, 15) is 5.11 Å². The van der Waals surface area contributed by atoms with Gasteiger partial charge >= 0.3 is 0 Å². The second kappa shape index (κ2) is 3.00. The van der Waals surface area contributed by atoms with Crippen molar-refractivity contribution in [3.8, 4) is 5.75 Å². The van der Waals surface area contributed by atoms with Crippen LogP contribution in [-0.4, -0.2) is 17.2 Å². The van der Waals surface area contributed by atoms with Gasteiger partial charge in [-0.15, -0.1) is 0 Å². The number of benzene rings is 2. The van der Waals surface area contributed by atoms with Crippen molar-refractivity contribution in [1.82, 2.24) is 0 Å². The van der Waals surface area contributed by atoms with Gasteiger partial charge in [-0.1, -0.05) is 31.2 Å². The smallest absolute Gasteiger partial charge is 0.121 e. The molecular weight excluding hydrogens is 222 g/mol. The molecule has 2 heterocycles. The van der Waals surface area contributed by atoms with Crippen molar-refractivity contribution < 1.29 is 5.11 Å². The number of phenols is 1. The van der Waals surface area contributed by atoms with Crippen molar-refractivity contribution in [3.63, 3.8) is 0 Å². The Kier molecular flexibility index (Phi) is 1.71. The first-order chi connectivity index (χ1) is 8.60. The lowest BCUT2D eigenvalue weighted by atomic mass is 9.84. The molecule has 2 heteroatoms. The molecular formula is C16H17NO. The lowest BCUT2D eigenvalue weighted by Crippen LogP contribution is -2.23. The van der Waals surface area contributed by atoms with Gasteiger partial charge in [-0.05, 0) is 30.7 Å². The van der Waals surface area contributed by atoms with Crippen LogP contribution in [0.2, 0.25) is 0 Å². The molecule has 4 rings (SSSR count). The Labute approximate surface area is 107 Å². The van der Waals surface area contributed by atoms with E-state index in [0.29, 0.717) is 17.2 Å². The molecule has 18 heavy (non-hydrogen) atoms. The molecule has 2 unspecified atom stereocenters. The third kappa shape index (κ3) is 1.13. The second-order valence-corrected chi connectivity index (χ2v) is 6.07. The fraction of sp³-hybridized carbons (Fsp3) is 0.375. The van der Waals surface area contributed by atoms with Gasteiger partial charge in [0.05, 0.1) is 11.2 Å². The molecule has 0 amide bonds. The summed E-state index contributed by atoms with van der Waals surface area (Å²) in [6.45, 7) is 5.68. The minimum atomic E-state index is 0.322. The van der Waals surface area contributed by atoms with Crippen molar-refractivity contribution in [2.24, 2.45) is 0 Å². The van der Waals surface area contributed by atoms with E-state index in [0.717, 1.165) is 23.9 Å². The van der Waals surface area contributed by atoms with Gasteiger partial charge in [0.1, 0.15) is 5.75 Å². The van der Waals surface area contributed by atoms with Crippen LogP contribution in [0.1, 0.15) is 31.7 Å². The third-order valence-corrected chi connectivity index (χ3v) is 4.59. The molecule has 0 bridgehead atoms. The van der Waals surface area contributed by atoms with E-state index < -0.39 is 0 Å². The first kappa shape index (κ1) is 10.2. The minimum absolute atomic E-state index is 0.322. The molecule has 2 aromatic rings. The number of rotatable bonds is 0. The molecule has 1 N–H and O–H groups in total. The van der Waals surface area contributed by atoms with Crippen molar-refractivity contribution in [1.29, 1.82) is 0 Å². The lowest BCUT2D eigenvalue weighted by Gasteiger charge is -2.30. The van der Waals surface area contributed by atoms with Gasteiger partial charge in [-0.25, -0.2) is 0 Å². The number of anilines is 1. The average Bonchev–Trinajstić information content (AvgIpc) is 2.99. The van der Waals surface area contributed by atoms with E-state index in [1.807, 2.05) is 12.1 Å². The molecule has 0 spiro atoms. The molecule has 2 aliphatic heterocycles. The predicted octanol–water partition coefficient (Wildman–Crippen LogP) is 3.63. The van der Waals surface area contributed by atoms with Crippen LogP contribution in [0, 0.1) is 0 Å². The summed E-state index contributed by atoms with van der Waals surface area (Å²) in [5, 5.41) is 12.7. The van der Waals surface area contributed by atoms with Crippen molar-refractivity contribution in [2.75, 3.05) is 11.4 Å². The van der Waals surface area contributed by atoms with Crippen LogP contribution in [0.5, 0.6) is 5.75 Å². The zero-order valence-corrected chi connectivity index (χ0v) is 10.8. The number of hydrogen-bond donors (Lipinski definition) is 1. The Bertz CT molecular complexity index is 663. The average molecular weight is 239 g/mol. The molecule has 2 aliphatic rings. The maximum absolute atomic E-state index is 10.3. The fourth-order valence-corrected chi connectivity index (χ4v) is 3.70. The highest BCUT2D eigenvalue weighted by molar-refractivity contribution is 6.00. The van der Waals surface area contributed by atoms with Crippen LogP contribution in [0.15, 0.2) is 30.3 Å². The molecule has 2 aromatic carbocycles. The van der Waals surface area contributed by atoms with Gasteiger partial charge < -0.3 is 10.0 Å². The maximum atomic E-state index is 10.3. The summed E-state index contributed by atoms with van der Waals surface area (Å²) in [5.41, 5.74) is 2.73. The summed E-state index contributed by atoms with van der Waals surface area (Å²) < 4.78 is 0. The molecule has 1 fully saturated rings. The van der Waals surface area contributed by atoms with E-state index in [2.05, 4.69) is 36.9 Å². The normalized spacial score (nSPS) is 29.0.